The summed E-state index contributed by atoms with van der Waals surface area (Å²) in [6, 6.07) is 16.3. The maximum absolute atomic E-state index is 12.9. The van der Waals surface area contributed by atoms with Crippen LogP contribution in [0.2, 0.25) is 0 Å². The molecule has 2 aromatic heterocycles. The second kappa shape index (κ2) is 8.44. The van der Waals surface area contributed by atoms with E-state index in [9.17, 15) is 4.79 Å². The Labute approximate surface area is 174 Å². The van der Waals surface area contributed by atoms with Gasteiger partial charge >= 0.3 is 5.69 Å². The molecule has 1 N–H and O–H groups in total. The van der Waals surface area contributed by atoms with Crippen molar-refractivity contribution in [1.29, 1.82) is 0 Å². The van der Waals surface area contributed by atoms with Gasteiger partial charge in [0.15, 0.2) is 5.82 Å². The molecule has 1 unspecified atom stereocenters. The molecule has 0 radical (unpaired) electrons. The van der Waals surface area contributed by atoms with Gasteiger partial charge < -0.3 is 0 Å². The first-order valence-electron chi connectivity index (χ1n) is 10.2. The van der Waals surface area contributed by atoms with Crippen LogP contribution in [0.5, 0.6) is 0 Å². The van der Waals surface area contributed by atoms with E-state index in [1.54, 1.807) is 9.25 Å². The van der Waals surface area contributed by atoms with E-state index < -0.39 is 0 Å². The Balaban J connectivity index is 1.64. The van der Waals surface area contributed by atoms with Gasteiger partial charge in [-0.2, -0.15) is 5.10 Å². The molecule has 4 aromatic rings. The van der Waals surface area contributed by atoms with Gasteiger partial charge in [0.05, 0.1) is 12.6 Å². The zero-order valence-corrected chi connectivity index (χ0v) is 17.4. The van der Waals surface area contributed by atoms with Crippen LogP contribution in [0.4, 0.5) is 0 Å². The number of aromatic amines is 1. The van der Waals surface area contributed by atoms with Crippen LogP contribution in [0, 0.1) is 0 Å². The van der Waals surface area contributed by atoms with Crippen LogP contribution in [0.1, 0.15) is 44.6 Å². The summed E-state index contributed by atoms with van der Waals surface area (Å²) in [6.45, 7) is 6.62. The normalized spacial score (nSPS) is 12.2. The van der Waals surface area contributed by atoms with Crippen molar-refractivity contribution in [3.63, 3.8) is 0 Å². The third-order valence-electron chi connectivity index (χ3n) is 5.42. The second-order valence-corrected chi connectivity index (χ2v) is 7.33. The van der Waals surface area contributed by atoms with Crippen molar-refractivity contribution in [2.75, 3.05) is 0 Å². The van der Waals surface area contributed by atoms with Crippen LogP contribution in [-0.4, -0.2) is 35.0 Å². The largest absolute Gasteiger partial charge is 0.346 e. The van der Waals surface area contributed by atoms with Crippen molar-refractivity contribution in [1.82, 2.24) is 35.0 Å². The minimum atomic E-state index is -0.0477. The van der Waals surface area contributed by atoms with Gasteiger partial charge in [-0.15, -0.1) is 5.10 Å². The third kappa shape index (κ3) is 3.68. The van der Waals surface area contributed by atoms with E-state index >= 15 is 0 Å². The predicted octanol–water partition coefficient (Wildman–Crippen LogP) is 3.47. The fraction of sp³-hybridized carbons (Fsp3) is 0.318. The first-order valence-corrected chi connectivity index (χ1v) is 10.2. The lowest BCUT2D eigenvalue weighted by Crippen LogP contribution is -2.27. The van der Waals surface area contributed by atoms with Gasteiger partial charge in [0.2, 0.25) is 0 Å². The summed E-state index contributed by atoms with van der Waals surface area (Å²) in [5, 5.41) is 18.8. The molecule has 0 spiro atoms. The highest BCUT2D eigenvalue weighted by Crippen LogP contribution is 2.29. The molecule has 0 saturated carbocycles. The van der Waals surface area contributed by atoms with Crippen LogP contribution >= 0.6 is 0 Å². The lowest BCUT2D eigenvalue weighted by Gasteiger charge is -2.09. The molecule has 0 aliphatic heterocycles. The number of nitrogens with one attached hydrogen (secondary N) is 1. The highest BCUT2D eigenvalue weighted by atomic mass is 16.2. The summed E-state index contributed by atoms with van der Waals surface area (Å²) in [7, 11) is 0. The smallest absolute Gasteiger partial charge is 0.274 e. The topological polar surface area (TPSA) is 94.3 Å². The number of tetrazole rings is 1. The number of benzene rings is 2. The summed E-state index contributed by atoms with van der Waals surface area (Å²) in [4.78, 5) is 12.9. The number of aromatic nitrogens is 7. The van der Waals surface area contributed by atoms with E-state index in [4.69, 9.17) is 0 Å². The Bertz CT molecular complexity index is 1170. The molecule has 1 atom stereocenters. The Morgan fingerprint density at radius 2 is 1.77 bits per heavy atom. The lowest BCUT2D eigenvalue weighted by atomic mass is 9.98. The van der Waals surface area contributed by atoms with Gasteiger partial charge in [-0.3, -0.25) is 4.57 Å². The van der Waals surface area contributed by atoms with Crippen molar-refractivity contribution in [3.8, 4) is 22.5 Å². The average Bonchev–Trinajstić information content (AvgIpc) is 3.43. The highest BCUT2D eigenvalue weighted by Gasteiger charge is 2.16. The van der Waals surface area contributed by atoms with E-state index in [1.165, 1.54) is 0 Å². The zero-order chi connectivity index (χ0) is 21.1. The van der Waals surface area contributed by atoms with E-state index in [1.807, 2.05) is 38.1 Å². The molecule has 4 rings (SSSR count). The van der Waals surface area contributed by atoms with Crippen molar-refractivity contribution in [2.45, 2.75) is 46.2 Å². The molecule has 0 amide bonds. The highest BCUT2D eigenvalue weighted by molar-refractivity contribution is 5.80. The number of aryl methyl sites for hydroxylation is 1. The van der Waals surface area contributed by atoms with Crippen LogP contribution in [0.3, 0.4) is 0 Å². The van der Waals surface area contributed by atoms with Gasteiger partial charge in [-0.1, -0.05) is 62.4 Å². The molecule has 8 heteroatoms. The fourth-order valence-electron chi connectivity index (χ4n) is 3.52. The van der Waals surface area contributed by atoms with Crippen LogP contribution < -0.4 is 5.69 Å². The van der Waals surface area contributed by atoms with Crippen molar-refractivity contribution < 1.29 is 0 Å². The summed E-state index contributed by atoms with van der Waals surface area (Å²) >= 11 is 0. The molecule has 0 aliphatic carbocycles. The number of rotatable bonds is 7. The van der Waals surface area contributed by atoms with Gasteiger partial charge in [0.25, 0.3) is 0 Å². The van der Waals surface area contributed by atoms with Crippen molar-refractivity contribution in [2.24, 2.45) is 0 Å². The van der Waals surface area contributed by atoms with Gasteiger partial charge in [0.1, 0.15) is 5.82 Å². The molecule has 8 nitrogen and oxygen atoms in total. The molecule has 2 aromatic carbocycles. The van der Waals surface area contributed by atoms with E-state index in [0.717, 1.165) is 40.9 Å². The first-order chi connectivity index (χ1) is 14.6. The standard InChI is InChI=1S/C22H25N7O/c1-4-15(3)29-22(30)28(20(5-2)25-29)14-16-10-12-17(13-11-16)18-8-6-7-9-19(18)21-23-26-27-24-21/h6-13,15H,4-5,14H2,1-3H3,(H,23,24,26,27). The average molecular weight is 403 g/mol. The zero-order valence-electron chi connectivity index (χ0n) is 17.4. The monoisotopic (exact) mass is 403 g/mol. The maximum Gasteiger partial charge on any atom is 0.346 e. The number of nitrogens with zero attached hydrogens (tertiary/aromatic N) is 6. The molecule has 154 valence electrons. The summed E-state index contributed by atoms with van der Waals surface area (Å²) in [5.74, 6) is 1.44. The minimum absolute atomic E-state index is 0.0477. The summed E-state index contributed by atoms with van der Waals surface area (Å²) in [5.41, 5.74) is 4.05. The third-order valence-corrected chi connectivity index (χ3v) is 5.42. The quantitative estimate of drug-likeness (QED) is 0.510. The molecule has 2 heterocycles. The van der Waals surface area contributed by atoms with E-state index in [2.05, 4.69) is 56.9 Å². The number of hydrogen-bond acceptors (Lipinski definition) is 5. The Kier molecular flexibility index (Phi) is 5.56. The van der Waals surface area contributed by atoms with Crippen LogP contribution in [0.15, 0.2) is 53.3 Å². The SMILES string of the molecule is CCc1nn(C(C)CC)c(=O)n1Cc1ccc(-c2ccccc2-c2nnn[nH]2)cc1. The van der Waals surface area contributed by atoms with Crippen LogP contribution in [0.25, 0.3) is 22.5 Å². The Morgan fingerprint density at radius 3 is 2.40 bits per heavy atom. The minimum Gasteiger partial charge on any atom is -0.274 e. The van der Waals surface area contributed by atoms with Gasteiger partial charge in [0, 0.05) is 12.0 Å². The molecular formula is C22H25N7O. The molecule has 0 saturated heterocycles. The first kappa shape index (κ1) is 19.8. The predicted molar refractivity (Wildman–Crippen MR) is 115 cm³/mol. The Morgan fingerprint density at radius 1 is 1.03 bits per heavy atom. The molecular weight excluding hydrogens is 378 g/mol. The maximum atomic E-state index is 12.9. The van der Waals surface area contributed by atoms with Crippen molar-refractivity contribution >= 4 is 0 Å². The van der Waals surface area contributed by atoms with Crippen molar-refractivity contribution in [3.05, 3.63) is 70.4 Å². The number of hydrogen-bond donors (Lipinski definition) is 1. The van der Waals surface area contributed by atoms with Crippen LogP contribution in [-0.2, 0) is 13.0 Å². The molecule has 0 bridgehead atoms. The second-order valence-electron chi connectivity index (χ2n) is 7.33. The molecule has 0 fully saturated rings. The summed E-state index contributed by atoms with van der Waals surface area (Å²) in [6.07, 6.45) is 1.59. The van der Waals surface area contributed by atoms with Gasteiger partial charge in [-0.25, -0.2) is 14.6 Å². The number of H-pyrrole nitrogens is 1. The molecule has 30 heavy (non-hydrogen) atoms. The molecule has 0 aliphatic rings. The Hall–Kier alpha value is -3.55. The fourth-order valence-corrected chi connectivity index (χ4v) is 3.52. The van der Waals surface area contributed by atoms with Gasteiger partial charge in [-0.05, 0) is 40.5 Å². The summed E-state index contributed by atoms with van der Waals surface area (Å²) < 4.78 is 3.38. The lowest BCUT2D eigenvalue weighted by molar-refractivity contribution is 0.456. The van der Waals surface area contributed by atoms with E-state index in [-0.39, 0.29) is 11.7 Å². The van der Waals surface area contributed by atoms with E-state index in [0.29, 0.717) is 12.4 Å².